The minimum Gasteiger partial charge on any atom is -0.497 e. The molecule has 0 unspecified atom stereocenters. The van der Waals surface area contributed by atoms with E-state index in [9.17, 15) is 0 Å². The van der Waals surface area contributed by atoms with E-state index < -0.39 is 0 Å². The van der Waals surface area contributed by atoms with Gasteiger partial charge in [-0.15, -0.1) is 0 Å². The Hall–Kier alpha value is -2.32. The van der Waals surface area contributed by atoms with E-state index in [0.717, 1.165) is 61.5 Å². The van der Waals surface area contributed by atoms with Crippen LogP contribution in [0, 0.1) is 6.92 Å². The van der Waals surface area contributed by atoms with Gasteiger partial charge in [0.2, 0.25) is 0 Å². The van der Waals surface area contributed by atoms with Crippen molar-refractivity contribution >= 4 is 23.0 Å². The van der Waals surface area contributed by atoms with Gasteiger partial charge in [-0.2, -0.15) is 5.10 Å². The molecule has 28 heavy (non-hydrogen) atoms. The minimum absolute atomic E-state index is 0.712. The number of aryl methyl sites for hydroxylation is 2. The lowest BCUT2D eigenvalue weighted by Gasteiger charge is -2.36. The van der Waals surface area contributed by atoms with Crippen molar-refractivity contribution in [3.8, 4) is 11.5 Å². The zero-order chi connectivity index (χ0) is 20.1. The third-order valence-electron chi connectivity index (χ3n) is 5.08. The second kappa shape index (κ2) is 9.25. The van der Waals surface area contributed by atoms with Gasteiger partial charge in [-0.05, 0) is 38.2 Å². The Morgan fingerprint density at radius 3 is 2.54 bits per heavy atom. The minimum atomic E-state index is 0.712. The molecule has 8 heteroatoms. The summed E-state index contributed by atoms with van der Waals surface area (Å²) >= 11 is 5.63. The smallest absolute Gasteiger partial charge is 0.173 e. The molecule has 1 aliphatic heterocycles. The van der Waals surface area contributed by atoms with Crippen LogP contribution >= 0.6 is 12.2 Å². The lowest BCUT2D eigenvalue weighted by Crippen LogP contribution is -2.49. The Morgan fingerprint density at radius 1 is 1.18 bits per heavy atom. The van der Waals surface area contributed by atoms with Gasteiger partial charge in [0.1, 0.15) is 11.5 Å². The molecule has 0 aliphatic carbocycles. The number of anilines is 1. The monoisotopic (exact) mass is 403 g/mol. The van der Waals surface area contributed by atoms with Crippen LogP contribution in [-0.2, 0) is 13.1 Å². The third kappa shape index (κ3) is 4.74. The molecule has 0 radical (unpaired) electrons. The molecular formula is C20H29N5O2S. The Bertz CT molecular complexity index is 815. The maximum Gasteiger partial charge on any atom is 0.173 e. The predicted molar refractivity (Wildman–Crippen MR) is 115 cm³/mol. The molecule has 1 aromatic carbocycles. The summed E-state index contributed by atoms with van der Waals surface area (Å²) in [6.45, 7) is 9.77. The first-order valence-electron chi connectivity index (χ1n) is 9.57. The second-order valence-electron chi connectivity index (χ2n) is 6.86. The molecule has 7 nitrogen and oxygen atoms in total. The highest BCUT2D eigenvalue weighted by Gasteiger charge is 2.21. The van der Waals surface area contributed by atoms with Gasteiger partial charge in [0, 0.05) is 57.1 Å². The maximum absolute atomic E-state index is 5.63. The van der Waals surface area contributed by atoms with Gasteiger partial charge in [-0.3, -0.25) is 9.58 Å². The fraction of sp³-hybridized carbons (Fsp3) is 0.500. The largest absolute Gasteiger partial charge is 0.497 e. The van der Waals surface area contributed by atoms with Gasteiger partial charge in [-0.25, -0.2) is 0 Å². The quantitative estimate of drug-likeness (QED) is 0.744. The number of hydrogen-bond acceptors (Lipinski definition) is 5. The molecular weight excluding hydrogens is 374 g/mol. The van der Waals surface area contributed by atoms with Crippen molar-refractivity contribution in [3.05, 3.63) is 35.7 Å². The van der Waals surface area contributed by atoms with Crippen LogP contribution in [-0.4, -0.2) is 65.1 Å². The lowest BCUT2D eigenvalue weighted by atomic mass is 10.2. The molecule has 2 aromatic rings. The topological polar surface area (TPSA) is 54.8 Å². The van der Waals surface area contributed by atoms with Crippen molar-refractivity contribution in [2.75, 3.05) is 45.7 Å². The predicted octanol–water partition coefficient (Wildman–Crippen LogP) is 2.74. The molecule has 1 fully saturated rings. The number of nitrogens with zero attached hydrogens (tertiary/aromatic N) is 4. The number of hydrogen-bond donors (Lipinski definition) is 1. The van der Waals surface area contributed by atoms with Gasteiger partial charge in [-0.1, -0.05) is 0 Å². The highest BCUT2D eigenvalue weighted by Crippen LogP contribution is 2.29. The fourth-order valence-electron chi connectivity index (χ4n) is 3.32. The van der Waals surface area contributed by atoms with Crippen LogP contribution in [0.4, 0.5) is 5.69 Å². The number of aromatic nitrogens is 2. The van der Waals surface area contributed by atoms with E-state index in [4.69, 9.17) is 21.7 Å². The van der Waals surface area contributed by atoms with Crippen LogP contribution in [0.1, 0.15) is 18.2 Å². The highest BCUT2D eigenvalue weighted by molar-refractivity contribution is 7.80. The number of thiocarbonyl (C=S) groups is 1. The molecule has 1 aliphatic rings. The third-order valence-corrected chi connectivity index (χ3v) is 5.44. The van der Waals surface area contributed by atoms with Gasteiger partial charge < -0.3 is 19.7 Å². The molecule has 1 aromatic heterocycles. The SMILES string of the molecule is CCn1cc(CN2CCN(C(=S)Nc3ccc(OC)cc3OC)CC2)c(C)n1. The molecule has 152 valence electrons. The summed E-state index contributed by atoms with van der Waals surface area (Å²) in [7, 11) is 3.28. The van der Waals surface area contributed by atoms with Crippen LogP contribution in [0.15, 0.2) is 24.4 Å². The van der Waals surface area contributed by atoms with Gasteiger partial charge in [0.05, 0.1) is 25.6 Å². The summed E-state index contributed by atoms with van der Waals surface area (Å²) in [5.41, 5.74) is 3.27. The molecule has 3 rings (SSSR count). The van der Waals surface area contributed by atoms with Crippen LogP contribution in [0.5, 0.6) is 11.5 Å². The summed E-state index contributed by atoms with van der Waals surface area (Å²) < 4.78 is 12.7. The Morgan fingerprint density at radius 2 is 1.93 bits per heavy atom. The fourth-order valence-corrected chi connectivity index (χ4v) is 3.61. The van der Waals surface area contributed by atoms with Gasteiger partial charge in [0.15, 0.2) is 5.11 Å². The molecule has 0 amide bonds. The van der Waals surface area contributed by atoms with Crippen molar-refractivity contribution in [1.82, 2.24) is 19.6 Å². The zero-order valence-electron chi connectivity index (χ0n) is 17.1. The summed E-state index contributed by atoms with van der Waals surface area (Å²) in [4.78, 5) is 4.66. The summed E-state index contributed by atoms with van der Waals surface area (Å²) in [5, 5.41) is 8.57. The summed E-state index contributed by atoms with van der Waals surface area (Å²) in [5.74, 6) is 1.47. The van der Waals surface area contributed by atoms with E-state index in [2.05, 4.69) is 40.3 Å². The first kappa shape index (κ1) is 20.4. The van der Waals surface area contributed by atoms with Crippen LogP contribution in [0.3, 0.4) is 0 Å². The molecule has 1 N–H and O–H groups in total. The number of rotatable bonds is 6. The maximum atomic E-state index is 5.63. The normalized spacial score (nSPS) is 14.8. The zero-order valence-corrected chi connectivity index (χ0v) is 17.9. The molecule has 0 spiro atoms. The Labute approximate surface area is 172 Å². The van der Waals surface area contributed by atoms with E-state index in [1.54, 1.807) is 14.2 Å². The number of piperazine rings is 1. The van der Waals surface area contributed by atoms with Crippen molar-refractivity contribution in [2.24, 2.45) is 0 Å². The molecule has 0 saturated carbocycles. The molecule has 0 atom stereocenters. The summed E-state index contributed by atoms with van der Waals surface area (Å²) in [6, 6.07) is 5.67. The standard InChI is InChI=1S/C20H29N5O2S/c1-5-25-14-16(15(2)22-25)13-23-8-10-24(11-9-23)20(28)21-18-7-6-17(26-3)12-19(18)27-4/h6-7,12,14H,5,8-11,13H2,1-4H3,(H,21,28). The van der Waals surface area contributed by atoms with Gasteiger partial charge >= 0.3 is 0 Å². The van der Waals surface area contributed by atoms with E-state index in [0.29, 0.717) is 5.75 Å². The lowest BCUT2D eigenvalue weighted by molar-refractivity contribution is 0.176. The summed E-state index contributed by atoms with van der Waals surface area (Å²) in [6.07, 6.45) is 2.16. The molecule has 1 saturated heterocycles. The van der Waals surface area contributed by atoms with Gasteiger partial charge in [0.25, 0.3) is 0 Å². The average Bonchev–Trinajstić information content (AvgIpc) is 3.08. The highest BCUT2D eigenvalue weighted by atomic mass is 32.1. The molecule has 2 heterocycles. The van der Waals surface area contributed by atoms with Crippen molar-refractivity contribution in [3.63, 3.8) is 0 Å². The van der Waals surface area contributed by atoms with Crippen LogP contribution in [0.25, 0.3) is 0 Å². The first-order valence-corrected chi connectivity index (χ1v) is 9.98. The number of benzene rings is 1. The van der Waals surface area contributed by atoms with E-state index in [1.807, 2.05) is 22.9 Å². The Kier molecular flexibility index (Phi) is 6.74. The number of methoxy groups -OCH3 is 2. The Balaban J connectivity index is 1.54. The van der Waals surface area contributed by atoms with E-state index in [-0.39, 0.29) is 0 Å². The van der Waals surface area contributed by atoms with Crippen LogP contribution < -0.4 is 14.8 Å². The second-order valence-corrected chi connectivity index (χ2v) is 7.24. The van der Waals surface area contributed by atoms with Crippen molar-refractivity contribution in [1.29, 1.82) is 0 Å². The van der Waals surface area contributed by atoms with Crippen LogP contribution in [0.2, 0.25) is 0 Å². The van der Waals surface area contributed by atoms with Crippen molar-refractivity contribution in [2.45, 2.75) is 26.9 Å². The first-order chi connectivity index (χ1) is 13.5. The van der Waals surface area contributed by atoms with E-state index >= 15 is 0 Å². The van der Waals surface area contributed by atoms with E-state index in [1.165, 1.54) is 5.56 Å². The van der Waals surface area contributed by atoms with Crippen molar-refractivity contribution < 1.29 is 9.47 Å². The molecule has 0 bridgehead atoms. The average molecular weight is 404 g/mol. The number of ether oxygens (including phenoxy) is 2. The number of nitrogens with one attached hydrogen (secondary N) is 1.